The molecule has 0 spiro atoms. The fraction of sp³-hybridized carbons (Fsp3) is 0.692. The number of thiophene rings is 1. The zero-order valence-electron chi connectivity index (χ0n) is 11.3. The van der Waals surface area contributed by atoms with Crippen LogP contribution in [0.2, 0.25) is 4.34 Å². The molecule has 1 aromatic heterocycles. The van der Waals surface area contributed by atoms with E-state index < -0.39 is 0 Å². The van der Waals surface area contributed by atoms with Crippen molar-refractivity contribution in [2.75, 3.05) is 26.4 Å². The lowest BCUT2D eigenvalue weighted by Gasteiger charge is -2.19. The maximum Gasteiger partial charge on any atom is 0.0931 e. The summed E-state index contributed by atoms with van der Waals surface area (Å²) in [7, 11) is 0. The first-order valence-corrected chi connectivity index (χ1v) is 7.33. The van der Waals surface area contributed by atoms with E-state index in [1.165, 1.54) is 4.88 Å². The Labute approximate surface area is 118 Å². The summed E-state index contributed by atoms with van der Waals surface area (Å²) in [5, 5.41) is 3.31. The third-order valence-electron chi connectivity index (χ3n) is 2.11. The fourth-order valence-electron chi connectivity index (χ4n) is 1.31. The molecule has 0 fully saturated rings. The monoisotopic (exact) mass is 291 g/mol. The highest BCUT2D eigenvalue weighted by molar-refractivity contribution is 7.16. The van der Waals surface area contributed by atoms with Crippen molar-refractivity contribution in [2.24, 2.45) is 0 Å². The van der Waals surface area contributed by atoms with E-state index in [1.807, 2.05) is 32.9 Å². The first-order valence-electron chi connectivity index (χ1n) is 6.14. The maximum atomic E-state index is 5.85. The quantitative estimate of drug-likeness (QED) is 0.745. The highest BCUT2D eigenvalue weighted by atomic mass is 35.5. The zero-order chi connectivity index (χ0) is 13.4. The van der Waals surface area contributed by atoms with Gasteiger partial charge in [-0.25, -0.2) is 0 Å². The van der Waals surface area contributed by atoms with Crippen LogP contribution in [0.25, 0.3) is 0 Å². The standard InChI is InChI=1S/C13H22ClNO2S/c1-13(2,3)17-9-8-16-7-6-15-10-11-4-5-12(14)18-11/h4-5,15H,6-10H2,1-3H3. The van der Waals surface area contributed by atoms with Crippen molar-refractivity contribution in [3.63, 3.8) is 0 Å². The fourth-order valence-corrected chi connectivity index (χ4v) is 2.37. The van der Waals surface area contributed by atoms with Crippen LogP contribution in [-0.2, 0) is 16.0 Å². The van der Waals surface area contributed by atoms with Crippen LogP contribution < -0.4 is 5.32 Å². The Morgan fingerprint density at radius 2 is 2.00 bits per heavy atom. The molecule has 18 heavy (non-hydrogen) atoms. The van der Waals surface area contributed by atoms with Crippen molar-refractivity contribution in [2.45, 2.75) is 32.9 Å². The minimum absolute atomic E-state index is 0.0833. The molecule has 1 rings (SSSR count). The molecule has 0 unspecified atom stereocenters. The number of rotatable bonds is 8. The number of hydrogen-bond donors (Lipinski definition) is 1. The third-order valence-corrected chi connectivity index (χ3v) is 3.35. The van der Waals surface area contributed by atoms with Crippen molar-refractivity contribution in [1.82, 2.24) is 5.32 Å². The van der Waals surface area contributed by atoms with Crippen molar-refractivity contribution < 1.29 is 9.47 Å². The van der Waals surface area contributed by atoms with Crippen LogP contribution in [0.3, 0.4) is 0 Å². The van der Waals surface area contributed by atoms with E-state index in [0.717, 1.165) is 17.4 Å². The van der Waals surface area contributed by atoms with Gasteiger partial charge in [-0.05, 0) is 32.9 Å². The van der Waals surface area contributed by atoms with Crippen molar-refractivity contribution in [3.05, 3.63) is 21.3 Å². The van der Waals surface area contributed by atoms with Crippen molar-refractivity contribution in [1.29, 1.82) is 0 Å². The van der Waals surface area contributed by atoms with Crippen molar-refractivity contribution in [3.8, 4) is 0 Å². The van der Waals surface area contributed by atoms with E-state index in [9.17, 15) is 0 Å². The van der Waals surface area contributed by atoms with Gasteiger partial charge in [0.2, 0.25) is 0 Å². The van der Waals surface area contributed by atoms with E-state index in [-0.39, 0.29) is 5.60 Å². The molecule has 0 aliphatic rings. The largest absolute Gasteiger partial charge is 0.378 e. The second-order valence-electron chi connectivity index (χ2n) is 4.96. The van der Waals surface area contributed by atoms with Gasteiger partial charge in [-0.15, -0.1) is 11.3 Å². The summed E-state index contributed by atoms with van der Waals surface area (Å²) in [6.45, 7) is 9.80. The van der Waals surface area contributed by atoms with Gasteiger partial charge >= 0.3 is 0 Å². The molecule has 0 saturated carbocycles. The Morgan fingerprint density at radius 3 is 2.61 bits per heavy atom. The first-order chi connectivity index (χ1) is 8.47. The van der Waals surface area contributed by atoms with E-state index in [4.69, 9.17) is 21.1 Å². The summed E-state index contributed by atoms with van der Waals surface area (Å²) < 4.78 is 11.8. The summed E-state index contributed by atoms with van der Waals surface area (Å²) in [6, 6.07) is 3.96. The number of hydrogen-bond acceptors (Lipinski definition) is 4. The molecule has 0 amide bonds. The van der Waals surface area contributed by atoms with E-state index in [2.05, 4.69) is 5.32 Å². The first kappa shape index (κ1) is 15.9. The molecule has 1 N–H and O–H groups in total. The van der Waals surface area contributed by atoms with Gasteiger partial charge in [0.15, 0.2) is 0 Å². The molecule has 0 bridgehead atoms. The molecule has 1 heterocycles. The summed E-state index contributed by atoms with van der Waals surface area (Å²) in [5.41, 5.74) is -0.0833. The Morgan fingerprint density at radius 1 is 1.22 bits per heavy atom. The van der Waals surface area contributed by atoms with Gasteiger partial charge in [-0.3, -0.25) is 0 Å². The van der Waals surface area contributed by atoms with Crippen LogP contribution in [0.5, 0.6) is 0 Å². The van der Waals surface area contributed by atoms with Crippen molar-refractivity contribution >= 4 is 22.9 Å². The Balaban J connectivity index is 1.90. The number of halogens is 1. The van der Waals surface area contributed by atoms with Gasteiger partial charge in [0, 0.05) is 18.0 Å². The molecule has 0 saturated heterocycles. The minimum atomic E-state index is -0.0833. The smallest absolute Gasteiger partial charge is 0.0931 e. The number of ether oxygens (including phenoxy) is 2. The Kier molecular flexibility index (Phi) is 7.19. The zero-order valence-corrected chi connectivity index (χ0v) is 12.9. The molecule has 0 aliphatic carbocycles. The minimum Gasteiger partial charge on any atom is -0.378 e. The van der Waals surface area contributed by atoms with Gasteiger partial charge in [0.25, 0.3) is 0 Å². The number of nitrogens with one attached hydrogen (secondary N) is 1. The van der Waals surface area contributed by atoms with Crippen LogP contribution in [0.1, 0.15) is 25.6 Å². The van der Waals surface area contributed by atoms with E-state index in [0.29, 0.717) is 19.8 Å². The third kappa shape index (κ3) is 8.06. The SMILES string of the molecule is CC(C)(C)OCCOCCNCc1ccc(Cl)s1. The lowest BCUT2D eigenvalue weighted by atomic mass is 10.2. The highest BCUT2D eigenvalue weighted by Crippen LogP contribution is 2.20. The second kappa shape index (κ2) is 8.12. The molecule has 0 atom stereocenters. The van der Waals surface area contributed by atoms with Crippen LogP contribution in [0.15, 0.2) is 12.1 Å². The molecule has 0 aromatic carbocycles. The van der Waals surface area contributed by atoms with E-state index >= 15 is 0 Å². The summed E-state index contributed by atoms with van der Waals surface area (Å²) >= 11 is 7.45. The van der Waals surface area contributed by atoms with E-state index in [1.54, 1.807) is 11.3 Å². The van der Waals surface area contributed by atoms with Gasteiger partial charge in [0.1, 0.15) is 0 Å². The Bertz CT molecular complexity index is 336. The average Bonchev–Trinajstić information content (AvgIpc) is 2.67. The Hall–Kier alpha value is -0.130. The molecular formula is C13H22ClNO2S. The normalized spacial score (nSPS) is 12.0. The molecular weight excluding hydrogens is 270 g/mol. The lowest BCUT2D eigenvalue weighted by molar-refractivity contribution is -0.0343. The summed E-state index contributed by atoms with van der Waals surface area (Å²) in [5.74, 6) is 0. The summed E-state index contributed by atoms with van der Waals surface area (Å²) in [6.07, 6.45) is 0. The molecule has 104 valence electrons. The predicted octanol–water partition coefficient (Wildman–Crippen LogP) is 3.32. The molecule has 0 radical (unpaired) electrons. The molecule has 1 aromatic rings. The predicted molar refractivity (Wildman–Crippen MR) is 77.6 cm³/mol. The van der Waals surface area contributed by atoms with Crippen LogP contribution in [-0.4, -0.2) is 32.0 Å². The molecule has 5 heteroatoms. The van der Waals surface area contributed by atoms with Gasteiger partial charge in [0.05, 0.1) is 29.8 Å². The van der Waals surface area contributed by atoms with Crippen LogP contribution in [0.4, 0.5) is 0 Å². The van der Waals surface area contributed by atoms with Crippen LogP contribution in [0, 0.1) is 0 Å². The molecule has 0 aliphatic heterocycles. The lowest BCUT2D eigenvalue weighted by Crippen LogP contribution is -2.23. The topological polar surface area (TPSA) is 30.5 Å². The van der Waals surface area contributed by atoms with Gasteiger partial charge < -0.3 is 14.8 Å². The van der Waals surface area contributed by atoms with Crippen LogP contribution >= 0.6 is 22.9 Å². The van der Waals surface area contributed by atoms with Gasteiger partial charge in [-0.2, -0.15) is 0 Å². The highest BCUT2D eigenvalue weighted by Gasteiger charge is 2.08. The molecule has 3 nitrogen and oxygen atoms in total. The average molecular weight is 292 g/mol. The van der Waals surface area contributed by atoms with Gasteiger partial charge in [-0.1, -0.05) is 11.6 Å². The summed E-state index contributed by atoms with van der Waals surface area (Å²) in [4.78, 5) is 1.25. The maximum absolute atomic E-state index is 5.85. The second-order valence-corrected chi connectivity index (χ2v) is 6.76.